The van der Waals surface area contributed by atoms with Crippen LogP contribution in [0.5, 0.6) is 0 Å². The first-order chi connectivity index (χ1) is 12.6. The van der Waals surface area contributed by atoms with E-state index in [0.717, 1.165) is 26.8 Å². The summed E-state index contributed by atoms with van der Waals surface area (Å²) >= 11 is 3.46. The summed E-state index contributed by atoms with van der Waals surface area (Å²) in [5.41, 5.74) is 3.05. The number of carbonyl (C=O) groups is 1. The van der Waals surface area contributed by atoms with Crippen molar-refractivity contribution in [1.82, 2.24) is 19.9 Å². The Morgan fingerprint density at radius 3 is 2.73 bits per heavy atom. The zero-order chi connectivity index (χ0) is 18.1. The monoisotopic (exact) mass is 409 g/mol. The second kappa shape index (κ2) is 6.57. The van der Waals surface area contributed by atoms with Crippen molar-refractivity contribution in [3.63, 3.8) is 0 Å². The van der Waals surface area contributed by atoms with Crippen molar-refractivity contribution in [2.75, 3.05) is 5.32 Å². The largest absolute Gasteiger partial charge is 0.477 e. The number of nitrogens with zero attached hydrogens (tertiary/aromatic N) is 3. The molecule has 4 aromatic rings. The predicted molar refractivity (Wildman–Crippen MR) is 102 cm³/mol. The summed E-state index contributed by atoms with van der Waals surface area (Å²) in [6.07, 6.45) is 3.37. The van der Waals surface area contributed by atoms with Gasteiger partial charge in [-0.05, 0) is 52.3 Å². The zero-order valence-corrected chi connectivity index (χ0v) is 14.9. The highest BCUT2D eigenvalue weighted by molar-refractivity contribution is 9.10. The molecule has 1 aromatic carbocycles. The van der Waals surface area contributed by atoms with Crippen LogP contribution in [0.4, 0.5) is 11.6 Å². The molecule has 8 heteroatoms. The molecule has 0 amide bonds. The van der Waals surface area contributed by atoms with Crippen molar-refractivity contribution in [3.8, 4) is 11.4 Å². The maximum absolute atomic E-state index is 11.1. The van der Waals surface area contributed by atoms with Gasteiger partial charge in [-0.3, -0.25) is 4.98 Å². The number of hydrogen-bond donors (Lipinski definition) is 3. The number of aromatic amines is 1. The van der Waals surface area contributed by atoms with E-state index in [0.29, 0.717) is 11.6 Å². The number of halogens is 1. The summed E-state index contributed by atoms with van der Waals surface area (Å²) in [4.78, 5) is 27.0. The molecule has 4 rings (SSSR count). The number of nitrogens with one attached hydrogen (secondary N) is 2. The number of pyridine rings is 1. The van der Waals surface area contributed by atoms with Crippen molar-refractivity contribution in [2.24, 2.45) is 0 Å². The number of hydrogen-bond acceptors (Lipinski definition) is 5. The predicted octanol–water partition coefficient (Wildman–Crippen LogP) is 4.22. The maximum Gasteiger partial charge on any atom is 0.352 e. The molecule has 0 bridgehead atoms. The summed E-state index contributed by atoms with van der Waals surface area (Å²) in [5, 5.41) is 13.0. The maximum atomic E-state index is 11.1. The molecule has 3 heterocycles. The number of carboxylic acids is 1. The van der Waals surface area contributed by atoms with Gasteiger partial charge in [0.05, 0.1) is 16.9 Å². The Hall–Kier alpha value is -3.26. The molecule has 0 unspecified atom stereocenters. The lowest BCUT2D eigenvalue weighted by Gasteiger charge is -2.07. The Kier molecular flexibility index (Phi) is 4.10. The lowest BCUT2D eigenvalue weighted by Crippen LogP contribution is -1.98. The first-order valence-corrected chi connectivity index (χ1v) is 8.46. The molecule has 7 nitrogen and oxygen atoms in total. The molecule has 0 spiro atoms. The van der Waals surface area contributed by atoms with Crippen LogP contribution in [0.2, 0.25) is 0 Å². The summed E-state index contributed by atoms with van der Waals surface area (Å²) in [6.45, 7) is 0. The summed E-state index contributed by atoms with van der Waals surface area (Å²) in [7, 11) is 0. The Morgan fingerprint density at radius 1 is 1.08 bits per heavy atom. The van der Waals surface area contributed by atoms with Crippen LogP contribution in [0.15, 0.2) is 59.3 Å². The average Bonchev–Trinajstić information content (AvgIpc) is 3.08. The molecule has 0 radical (unpaired) electrons. The van der Waals surface area contributed by atoms with Crippen LogP contribution in [0.25, 0.3) is 22.3 Å². The van der Waals surface area contributed by atoms with Crippen LogP contribution in [-0.2, 0) is 0 Å². The second-order valence-electron chi connectivity index (χ2n) is 5.52. The highest BCUT2D eigenvalue weighted by atomic mass is 79.9. The Balaban J connectivity index is 1.68. The van der Waals surface area contributed by atoms with E-state index in [1.807, 2.05) is 30.3 Å². The first-order valence-electron chi connectivity index (χ1n) is 7.67. The van der Waals surface area contributed by atoms with E-state index in [1.54, 1.807) is 24.5 Å². The van der Waals surface area contributed by atoms with Crippen LogP contribution in [0.1, 0.15) is 10.5 Å². The van der Waals surface area contributed by atoms with Gasteiger partial charge in [-0.15, -0.1) is 0 Å². The quantitative estimate of drug-likeness (QED) is 0.465. The molecule has 0 saturated carbocycles. The number of fused-ring (bicyclic) bond motifs is 1. The number of aromatic carboxylic acids is 1. The van der Waals surface area contributed by atoms with Crippen LogP contribution in [0.3, 0.4) is 0 Å². The lowest BCUT2D eigenvalue weighted by molar-refractivity contribution is 0.0691. The molecule has 3 aromatic heterocycles. The van der Waals surface area contributed by atoms with E-state index in [4.69, 9.17) is 5.11 Å². The van der Waals surface area contributed by atoms with Gasteiger partial charge in [0.2, 0.25) is 5.95 Å². The van der Waals surface area contributed by atoms with Gasteiger partial charge >= 0.3 is 5.97 Å². The molecule has 0 atom stereocenters. The smallest absolute Gasteiger partial charge is 0.352 e. The Labute approximate surface area is 156 Å². The van der Waals surface area contributed by atoms with Crippen molar-refractivity contribution in [2.45, 2.75) is 0 Å². The third kappa shape index (κ3) is 3.14. The molecule has 0 saturated heterocycles. The van der Waals surface area contributed by atoms with Crippen LogP contribution < -0.4 is 5.32 Å². The van der Waals surface area contributed by atoms with Gasteiger partial charge in [-0.25, -0.2) is 14.8 Å². The SMILES string of the molecule is O=C(O)c1cc2cc(Nc3nccc(-c4ccccn4)n3)cc(Br)c2[nH]1. The van der Waals surface area contributed by atoms with Crippen molar-refractivity contribution < 1.29 is 9.90 Å². The number of benzene rings is 1. The number of anilines is 2. The van der Waals surface area contributed by atoms with Gasteiger partial charge in [0.15, 0.2) is 0 Å². The molecule has 3 N–H and O–H groups in total. The lowest BCUT2D eigenvalue weighted by atomic mass is 10.2. The van der Waals surface area contributed by atoms with Crippen LogP contribution in [0, 0.1) is 0 Å². The van der Waals surface area contributed by atoms with Gasteiger partial charge < -0.3 is 15.4 Å². The standard InChI is InChI=1S/C18H12BrN5O2/c19-12-9-11(7-10-8-15(17(25)26)23-16(10)12)22-18-21-6-4-14(24-18)13-3-1-2-5-20-13/h1-9,23H,(H,25,26)(H,21,22,24). The molecule has 128 valence electrons. The van der Waals surface area contributed by atoms with Gasteiger partial charge in [-0.2, -0.15) is 0 Å². The van der Waals surface area contributed by atoms with Gasteiger partial charge in [0.25, 0.3) is 0 Å². The van der Waals surface area contributed by atoms with E-state index in [9.17, 15) is 4.79 Å². The third-order valence-corrected chi connectivity index (χ3v) is 4.38. The summed E-state index contributed by atoms with van der Waals surface area (Å²) < 4.78 is 0.742. The van der Waals surface area contributed by atoms with Crippen molar-refractivity contribution in [3.05, 3.63) is 65.0 Å². The van der Waals surface area contributed by atoms with Gasteiger partial charge in [-0.1, -0.05) is 6.07 Å². The van der Waals surface area contributed by atoms with E-state index in [1.165, 1.54) is 0 Å². The zero-order valence-electron chi connectivity index (χ0n) is 13.3. The molecule has 0 aliphatic carbocycles. The van der Waals surface area contributed by atoms with Gasteiger partial charge in [0, 0.05) is 27.9 Å². The first kappa shape index (κ1) is 16.2. The third-order valence-electron chi connectivity index (χ3n) is 3.75. The van der Waals surface area contributed by atoms with E-state index in [2.05, 4.69) is 41.2 Å². The van der Waals surface area contributed by atoms with E-state index < -0.39 is 5.97 Å². The minimum atomic E-state index is -1.01. The topological polar surface area (TPSA) is 104 Å². The Bertz CT molecular complexity index is 1110. The highest BCUT2D eigenvalue weighted by Crippen LogP contribution is 2.30. The fraction of sp³-hybridized carbons (Fsp3) is 0. The van der Waals surface area contributed by atoms with Gasteiger partial charge in [0.1, 0.15) is 5.69 Å². The minimum Gasteiger partial charge on any atom is -0.477 e. The number of carboxylic acid groups (broad SMARTS) is 1. The van der Waals surface area contributed by atoms with Crippen molar-refractivity contribution >= 4 is 44.4 Å². The fourth-order valence-corrected chi connectivity index (χ4v) is 3.17. The molecule has 0 aliphatic heterocycles. The Morgan fingerprint density at radius 2 is 1.96 bits per heavy atom. The molecule has 26 heavy (non-hydrogen) atoms. The molecule has 0 aliphatic rings. The average molecular weight is 410 g/mol. The summed E-state index contributed by atoms with van der Waals surface area (Å²) in [5.74, 6) is -0.581. The number of rotatable bonds is 4. The highest BCUT2D eigenvalue weighted by Gasteiger charge is 2.11. The second-order valence-corrected chi connectivity index (χ2v) is 6.37. The van der Waals surface area contributed by atoms with Crippen LogP contribution >= 0.6 is 15.9 Å². The van der Waals surface area contributed by atoms with E-state index >= 15 is 0 Å². The molecular weight excluding hydrogens is 398 g/mol. The van der Waals surface area contributed by atoms with E-state index in [-0.39, 0.29) is 5.69 Å². The molecular formula is C18H12BrN5O2. The fourth-order valence-electron chi connectivity index (χ4n) is 2.59. The number of H-pyrrole nitrogens is 1. The number of aromatic nitrogens is 4. The van der Waals surface area contributed by atoms with Crippen LogP contribution in [-0.4, -0.2) is 31.0 Å². The normalized spacial score (nSPS) is 10.8. The van der Waals surface area contributed by atoms with Crippen molar-refractivity contribution in [1.29, 1.82) is 0 Å². The summed E-state index contributed by atoms with van der Waals surface area (Å²) in [6, 6.07) is 12.7. The minimum absolute atomic E-state index is 0.131. The molecule has 0 fully saturated rings.